The molecule has 1 heterocycles. The maximum absolute atomic E-state index is 12.3. The fourth-order valence-corrected chi connectivity index (χ4v) is 5.22. The summed E-state index contributed by atoms with van der Waals surface area (Å²) in [6.07, 6.45) is 2.61. The molecule has 1 saturated carbocycles. The van der Waals surface area contributed by atoms with E-state index in [1.165, 1.54) is 11.3 Å². The van der Waals surface area contributed by atoms with Crippen molar-refractivity contribution in [3.63, 3.8) is 0 Å². The Morgan fingerprint density at radius 1 is 1.40 bits per heavy atom. The summed E-state index contributed by atoms with van der Waals surface area (Å²) in [7, 11) is 0. The highest BCUT2D eigenvalue weighted by molar-refractivity contribution is 9.12. The van der Waals surface area contributed by atoms with Gasteiger partial charge in [0.05, 0.1) is 13.1 Å². The van der Waals surface area contributed by atoms with Crippen LogP contribution in [0.15, 0.2) is 13.6 Å². The summed E-state index contributed by atoms with van der Waals surface area (Å²) in [5.41, 5.74) is -0.654. The van der Waals surface area contributed by atoms with Gasteiger partial charge in [0.1, 0.15) is 5.54 Å². The first-order valence-electron chi connectivity index (χ1n) is 6.35. The van der Waals surface area contributed by atoms with Gasteiger partial charge in [0.2, 0.25) is 0 Å². The summed E-state index contributed by atoms with van der Waals surface area (Å²) in [6.45, 7) is 2.11. The molecule has 0 spiro atoms. The zero-order valence-corrected chi connectivity index (χ0v) is 14.9. The Morgan fingerprint density at radius 2 is 2.00 bits per heavy atom. The molecule has 0 saturated heterocycles. The number of rotatable bonds is 3. The largest absolute Gasteiger partial charge is 0.480 e. The van der Waals surface area contributed by atoms with Crippen LogP contribution in [0.3, 0.4) is 0 Å². The van der Waals surface area contributed by atoms with Crippen LogP contribution in [0, 0.1) is 5.92 Å². The molecule has 0 bridgehead atoms. The predicted octanol–water partition coefficient (Wildman–Crippen LogP) is 4.04. The van der Waals surface area contributed by atoms with Gasteiger partial charge in [-0.05, 0) is 69.5 Å². The number of thiophene rings is 1. The lowest BCUT2D eigenvalue weighted by Gasteiger charge is -2.36. The molecule has 110 valence electrons. The molecule has 1 aliphatic rings. The number of carbonyl (C=O) groups is 2. The van der Waals surface area contributed by atoms with Gasteiger partial charge in [-0.3, -0.25) is 4.79 Å². The van der Waals surface area contributed by atoms with Crippen molar-refractivity contribution < 1.29 is 14.7 Å². The minimum absolute atomic E-state index is 0.337. The third-order valence-electron chi connectivity index (χ3n) is 3.79. The Kier molecular flexibility index (Phi) is 4.92. The summed E-state index contributed by atoms with van der Waals surface area (Å²) in [4.78, 5) is 23.9. The predicted molar refractivity (Wildman–Crippen MR) is 85.2 cm³/mol. The van der Waals surface area contributed by atoms with Gasteiger partial charge in [0, 0.05) is 0 Å². The van der Waals surface area contributed by atoms with E-state index in [9.17, 15) is 14.7 Å². The van der Waals surface area contributed by atoms with E-state index in [0.717, 1.165) is 16.6 Å². The number of carboxylic acids is 1. The minimum atomic E-state index is -1.13. The normalized spacial score (nSPS) is 26.2. The highest BCUT2D eigenvalue weighted by atomic mass is 79.9. The summed E-state index contributed by atoms with van der Waals surface area (Å²) >= 11 is 8.04. The van der Waals surface area contributed by atoms with Crippen molar-refractivity contribution in [1.82, 2.24) is 5.32 Å². The Labute approximate surface area is 138 Å². The number of carboxylic acid groups (broad SMARTS) is 1. The van der Waals surface area contributed by atoms with E-state index >= 15 is 0 Å². The van der Waals surface area contributed by atoms with Crippen LogP contribution in [0.2, 0.25) is 0 Å². The standard InChI is InChI=1S/C13H15Br2NO3S/c1-7-2-4-13(5-3-7,12(18)19)16-11(17)8-6-9(14)20-10(8)15/h6-7H,2-5H2,1H3,(H,16,17)(H,18,19). The zero-order chi connectivity index (χ0) is 14.9. The van der Waals surface area contributed by atoms with Gasteiger partial charge in [-0.15, -0.1) is 11.3 Å². The number of aliphatic carboxylic acids is 1. The number of halogens is 2. The number of carbonyl (C=O) groups excluding carboxylic acids is 1. The molecule has 1 fully saturated rings. The van der Waals surface area contributed by atoms with Crippen molar-refractivity contribution in [2.45, 2.75) is 38.1 Å². The second-order valence-corrected chi connectivity index (χ2v) is 9.01. The van der Waals surface area contributed by atoms with Gasteiger partial charge in [-0.2, -0.15) is 0 Å². The van der Waals surface area contributed by atoms with E-state index in [2.05, 4.69) is 44.1 Å². The smallest absolute Gasteiger partial charge is 0.329 e. The molecule has 1 aromatic heterocycles. The monoisotopic (exact) mass is 423 g/mol. The first kappa shape index (κ1) is 16.0. The summed E-state index contributed by atoms with van der Waals surface area (Å²) < 4.78 is 1.53. The van der Waals surface area contributed by atoms with Gasteiger partial charge in [0.15, 0.2) is 0 Å². The van der Waals surface area contributed by atoms with E-state index in [4.69, 9.17) is 0 Å². The molecular formula is C13H15Br2NO3S. The number of amides is 1. The van der Waals surface area contributed by atoms with Crippen LogP contribution in [-0.4, -0.2) is 22.5 Å². The third-order valence-corrected chi connectivity index (χ3v) is 6.13. The molecule has 7 heteroatoms. The number of hydrogen-bond donors (Lipinski definition) is 2. The van der Waals surface area contributed by atoms with Crippen molar-refractivity contribution in [2.75, 3.05) is 0 Å². The molecule has 1 amide bonds. The Balaban J connectivity index is 2.19. The third kappa shape index (κ3) is 3.26. The lowest BCUT2D eigenvalue weighted by atomic mass is 9.77. The molecule has 0 aliphatic heterocycles. The van der Waals surface area contributed by atoms with Crippen LogP contribution < -0.4 is 5.32 Å². The quantitative estimate of drug-likeness (QED) is 0.769. The molecule has 0 radical (unpaired) electrons. The van der Waals surface area contributed by atoms with Crippen molar-refractivity contribution >= 4 is 55.1 Å². The van der Waals surface area contributed by atoms with Crippen LogP contribution in [0.4, 0.5) is 0 Å². The number of hydrogen-bond acceptors (Lipinski definition) is 3. The molecule has 0 unspecified atom stereocenters. The van der Waals surface area contributed by atoms with Crippen LogP contribution in [0.1, 0.15) is 43.0 Å². The first-order chi connectivity index (χ1) is 9.34. The molecule has 4 nitrogen and oxygen atoms in total. The molecule has 0 aromatic carbocycles. The van der Waals surface area contributed by atoms with Gasteiger partial charge >= 0.3 is 5.97 Å². The molecule has 20 heavy (non-hydrogen) atoms. The maximum Gasteiger partial charge on any atom is 0.329 e. The second-order valence-electron chi connectivity index (χ2n) is 5.26. The van der Waals surface area contributed by atoms with E-state index in [0.29, 0.717) is 28.1 Å². The first-order valence-corrected chi connectivity index (χ1v) is 8.75. The summed E-state index contributed by atoms with van der Waals surface area (Å²) in [5.74, 6) is -0.764. The molecule has 2 rings (SSSR count). The maximum atomic E-state index is 12.3. The van der Waals surface area contributed by atoms with Crippen molar-refractivity contribution in [3.8, 4) is 0 Å². The van der Waals surface area contributed by atoms with Crippen LogP contribution in [0.5, 0.6) is 0 Å². The number of nitrogens with one attached hydrogen (secondary N) is 1. The van der Waals surface area contributed by atoms with E-state index in [1.54, 1.807) is 6.07 Å². The van der Waals surface area contributed by atoms with Crippen LogP contribution in [0.25, 0.3) is 0 Å². The Morgan fingerprint density at radius 3 is 2.45 bits per heavy atom. The van der Waals surface area contributed by atoms with E-state index in [-0.39, 0.29) is 5.91 Å². The zero-order valence-electron chi connectivity index (χ0n) is 10.9. The van der Waals surface area contributed by atoms with Crippen molar-refractivity contribution in [1.29, 1.82) is 0 Å². The highest BCUT2D eigenvalue weighted by Gasteiger charge is 2.42. The molecule has 1 aromatic rings. The topological polar surface area (TPSA) is 66.4 Å². The van der Waals surface area contributed by atoms with Crippen molar-refractivity contribution in [2.24, 2.45) is 5.92 Å². The lowest BCUT2D eigenvalue weighted by Crippen LogP contribution is -2.56. The lowest BCUT2D eigenvalue weighted by molar-refractivity contribution is -0.146. The highest BCUT2D eigenvalue weighted by Crippen LogP contribution is 2.35. The Bertz CT molecular complexity index is 536. The Hall–Kier alpha value is -0.400. The summed E-state index contributed by atoms with van der Waals surface area (Å²) in [6, 6.07) is 1.70. The second kappa shape index (κ2) is 6.15. The fourth-order valence-electron chi connectivity index (χ4n) is 2.43. The average Bonchev–Trinajstić information content (AvgIpc) is 2.71. The molecule has 0 atom stereocenters. The van der Waals surface area contributed by atoms with Gasteiger partial charge in [-0.25, -0.2) is 4.79 Å². The minimum Gasteiger partial charge on any atom is -0.480 e. The van der Waals surface area contributed by atoms with Crippen molar-refractivity contribution in [3.05, 3.63) is 19.2 Å². The SMILES string of the molecule is CC1CCC(NC(=O)c2cc(Br)sc2Br)(C(=O)O)CC1. The van der Waals surface area contributed by atoms with E-state index < -0.39 is 11.5 Å². The molecule has 1 aliphatic carbocycles. The molecule has 2 N–H and O–H groups in total. The van der Waals surface area contributed by atoms with E-state index in [1.807, 2.05) is 0 Å². The molecular weight excluding hydrogens is 410 g/mol. The van der Waals surface area contributed by atoms with Crippen LogP contribution in [-0.2, 0) is 4.79 Å². The fraction of sp³-hybridized carbons (Fsp3) is 0.538. The summed E-state index contributed by atoms with van der Waals surface area (Å²) in [5, 5.41) is 12.3. The average molecular weight is 425 g/mol. The van der Waals surface area contributed by atoms with Gasteiger partial charge < -0.3 is 10.4 Å². The van der Waals surface area contributed by atoms with Gasteiger partial charge in [-0.1, -0.05) is 6.92 Å². The van der Waals surface area contributed by atoms with Crippen LogP contribution >= 0.6 is 43.2 Å². The van der Waals surface area contributed by atoms with Gasteiger partial charge in [0.25, 0.3) is 5.91 Å².